The Morgan fingerprint density at radius 1 is 1.04 bits per heavy atom. The standard InChI is InChI=1S/C20H24ClN3/c1-3-5-11-17-18(12-6-4-2)24(14-22-17)20-16-10-8-7-9-15(16)13-19(21)23-20/h7-10,13-14H,3-6,11-12H2,1-2H3. The van der Waals surface area contributed by atoms with Gasteiger partial charge in [0, 0.05) is 11.1 Å². The van der Waals surface area contributed by atoms with Crippen LogP contribution < -0.4 is 0 Å². The molecule has 24 heavy (non-hydrogen) atoms. The molecule has 0 spiro atoms. The number of pyridine rings is 1. The van der Waals surface area contributed by atoms with Crippen LogP contribution in [0.1, 0.15) is 50.9 Å². The van der Waals surface area contributed by atoms with Crippen LogP contribution >= 0.6 is 11.6 Å². The SMILES string of the molecule is CCCCc1ncn(-c2nc(Cl)cc3ccccc23)c1CCCC. The summed E-state index contributed by atoms with van der Waals surface area (Å²) in [4.78, 5) is 9.32. The topological polar surface area (TPSA) is 30.7 Å². The van der Waals surface area contributed by atoms with E-state index >= 15 is 0 Å². The molecule has 3 rings (SSSR count). The van der Waals surface area contributed by atoms with E-state index in [-0.39, 0.29) is 0 Å². The number of nitrogens with zero attached hydrogens (tertiary/aromatic N) is 3. The van der Waals surface area contributed by atoms with Gasteiger partial charge in [0.1, 0.15) is 17.3 Å². The van der Waals surface area contributed by atoms with Crippen LogP contribution in [0.2, 0.25) is 5.15 Å². The second-order valence-electron chi connectivity index (χ2n) is 6.20. The Bertz CT molecular complexity index is 823. The molecule has 3 nitrogen and oxygen atoms in total. The number of aryl methyl sites for hydroxylation is 1. The molecule has 2 aromatic heterocycles. The summed E-state index contributed by atoms with van der Waals surface area (Å²) in [5.41, 5.74) is 2.49. The molecule has 1 aromatic carbocycles. The summed E-state index contributed by atoms with van der Waals surface area (Å²) in [7, 11) is 0. The number of hydrogen-bond donors (Lipinski definition) is 0. The maximum atomic E-state index is 6.28. The van der Waals surface area contributed by atoms with Gasteiger partial charge in [0.25, 0.3) is 0 Å². The minimum absolute atomic E-state index is 0.522. The second kappa shape index (κ2) is 7.80. The van der Waals surface area contributed by atoms with E-state index in [9.17, 15) is 0 Å². The predicted molar refractivity (Wildman–Crippen MR) is 101 cm³/mol. The summed E-state index contributed by atoms with van der Waals surface area (Å²) in [5.74, 6) is 0.888. The third kappa shape index (κ3) is 3.46. The van der Waals surface area contributed by atoms with Gasteiger partial charge < -0.3 is 0 Å². The normalized spacial score (nSPS) is 11.3. The van der Waals surface area contributed by atoms with Gasteiger partial charge in [-0.05, 0) is 37.1 Å². The molecule has 0 unspecified atom stereocenters. The quantitative estimate of drug-likeness (QED) is 0.511. The summed E-state index contributed by atoms with van der Waals surface area (Å²) in [6.07, 6.45) is 8.64. The van der Waals surface area contributed by atoms with E-state index in [1.807, 2.05) is 24.5 Å². The summed E-state index contributed by atoms with van der Waals surface area (Å²) < 4.78 is 2.15. The van der Waals surface area contributed by atoms with Gasteiger partial charge >= 0.3 is 0 Å². The van der Waals surface area contributed by atoms with E-state index in [4.69, 9.17) is 16.6 Å². The highest BCUT2D eigenvalue weighted by molar-refractivity contribution is 6.30. The van der Waals surface area contributed by atoms with Gasteiger partial charge in [-0.1, -0.05) is 62.6 Å². The van der Waals surface area contributed by atoms with Gasteiger partial charge in [-0.25, -0.2) is 9.97 Å². The zero-order valence-corrected chi connectivity index (χ0v) is 15.2. The van der Waals surface area contributed by atoms with Crippen LogP contribution in [0.5, 0.6) is 0 Å². The molecule has 0 atom stereocenters. The van der Waals surface area contributed by atoms with Crippen molar-refractivity contribution in [2.24, 2.45) is 0 Å². The van der Waals surface area contributed by atoms with E-state index in [0.717, 1.165) is 35.9 Å². The van der Waals surface area contributed by atoms with Crippen molar-refractivity contribution in [2.45, 2.75) is 52.4 Å². The van der Waals surface area contributed by atoms with Crippen molar-refractivity contribution in [3.05, 3.63) is 53.2 Å². The number of halogens is 1. The molecule has 126 valence electrons. The number of unbranched alkanes of at least 4 members (excludes halogenated alkanes) is 2. The molecule has 4 heteroatoms. The zero-order chi connectivity index (χ0) is 16.9. The van der Waals surface area contributed by atoms with Crippen molar-refractivity contribution < 1.29 is 0 Å². The Kier molecular flexibility index (Phi) is 5.52. The van der Waals surface area contributed by atoms with Crippen molar-refractivity contribution in [2.75, 3.05) is 0 Å². The molecule has 3 aromatic rings. The van der Waals surface area contributed by atoms with Crippen molar-refractivity contribution in [3.63, 3.8) is 0 Å². The molecule has 0 saturated heterocycles. The molecule has 0 fully saturated rings. The van der Waals surface area contributed by atoms with Gasteiger partial charge in [-0.3, -0.25) is 4.57 Å². The van der Waals surface area contributed by atoms with Crippen LogP contribution in [0.4, 0.5) is 0 Å². The molecule has 0 radical (unpaired) electrons. The fourth-order valence-electron chi connectivity index (χ4n) is 3.09. The molecule has 0 amide bonds. The van der Waals surface area contributed by atoms with Crippen molar-refractivity contribution >= 4 is 22.4 Å². The van der Waals surface area contributed by atoms with Gasteiger partial charge in [0.2, 0.25) is 0 Å². The first-order valence-electron chi connectivity index (χ1n) is 8.85. The van der Waals surface area contributed by atoms with E-state index in [1.54, 1.807) is 0 Å². The van der Waals surface area contributed by atoms with Crippen molar-refractivity contribution in [1.29, 1.82) is 0 Å². The van der Waals surface area contributed by atoms with Gasteiger partial charge in [0.05, 0.1) is 5.69 Å². The van der Waals surface area contributed by atoms with Gasteiger partial charge in [-0.15, -0.1) is 0 Å². The van der Waals surface area contributed by atoms with Gasteiger partial charge in [0.15, 0.2) is 0 Å². The first kappa shape index (κ1) is 17.0. The number of rotatable bonds is 7. The van der Waals surface area contributed by atoms with E-state index in [2.05, 4.69) is 35.5 Å². The Balaban J connectivity index is 2.13. The maximum Gasteiger partial charge on any atom is 0.147 e. The van der Waals surface area contributed by atoms with Gasteiger partial charge in [-0.2, -0.15) is 0 Å². The molecular formula is C20H24ClN3. The Morgan fingerprint density at radius 3 is 2.58 bits per heavy atom. The Labute approximate surface area is 148 Å². The van der Waals surface area contributed by atoms with Crippen molar-refractivity contribution in [3.8, 4) is 5.82 Å². The molecular weight excluding hydrogens is 318 g/mol. The minimum Gasteiger partial charge on any atom is -0.287 e. The molecule has 0 aliphatic carbocycles. The Morgan fingerprint density at radius 2 is 1.79 bits per heavy atom. The number of benzene rings is 1. The minimum atomic E-state index is 0.522. The zero-order valence-electron chi connectivity index (χ0n) is 14.4. The maximum absolute atomic E-state index is 6.28. The van der Waals surface area contributed by atoms with Crippen molar-refractivity contribution in [1.82, 2.24) is 14.5 Å². The fourth-order valence-corrected chi connectivity index (χ4v) is 3.28. The molecule has 0 aliphatic heterocycles. The fraction of sp³-hybridized carbons (Fsp3) is 0.400. The average molecular weight is 342 g/mol. The summed E-state index contributed by atoms with van der Waals surface area (Å²) in [6, 6.07) is 10.2. The lowest BCUT2D eigenvalue weighted by Crippen LogP contribution is -2.05. The average Bonchev–Trinajstić information content (AvgIpc) is 2.99. The summed E-state index contributed by atoms with van der Waals surface area (Å²) in [5, 5.41) is 2.74. The van der Waals surface area contributed by atoms with Crippen LogP contribution in [0, 0.1) is 0 Å². The first-order valence-corrected chi connectivity index (χ1v) is 9.23. The number of aromatic nitrogens is 3. The summed E-state index contributed by atoms with van der Waals surface area (Å²) in [6.45, 7) is 4.44. The van der Waals surface area contributed by atoms with E-state index in [1.165, 1.54) is 30.7 Å². The smallest absolute Gasteiger partial charge is 0.147 e. The van der Waals surface area contributed by atoms with Crippen LogP contribution in [-0.2, 0) is 12.8 Å². The molecule has 0 saturated carbocycles. The lowest BCUT2D eigenvalue weighted by Gasteiger charge is -2.12. The number of hydrogen-bond acceptors (Lipinski definition) is 2. The van der Waals surface area contributed by atoms with E-state index < -0.39 is 0 Å². The third-order valence-electron chi connectivity index (χ3n) is 4.40. The molecule has 0 aliphatic rings. The lowest BCUT2D eigenvalue weighted by atomic mass is 10.1. The highest BCUT2D eigenvalue weighted by Gasteiger charge is 2.15. The third-order valence-corrected chi connectivity index (χ3v) is 4.60. The Hall–Kier alpha value is -1.87. The summed E-state index contributed by atoms with van der Waals surface area (Å²) >= 11 is 6.28. The molecule has 2 heterocycles. The van der Waals surface area contributed by atoms with Crippen LogP contribution in [0.15, 0.2) is 36.7 Å². The number of imidazole rings is 1. The molecule has 0 bridgehead atoms. The lowest BCUT2D eigenvalue weighted by molar-refractivity contribution is 0.726. The predicted octanol–water partition coefficient (Wildman–Crippen LogP) is 5.76. The van der Waals surface area contributed by atoms with Crippen LogP contribution in [0.3, 0.4) is 0 Å². The largest absolute Gasteiger partial charge is 0.287 e. The molecule has 0 N–H and O–H groups in total. The van der Waals surface area contributed by atoms with Crippen LogP contribution in [0.25, 0.3) is 16.6 Å². The monoisotopic (exact) mass is 341 g/mol. The first-order chi connectivity index (χ1) is 11.7. The number of fused-ring (bicyclic) bond motifs is 1. The second-order valence-corrected chi connectivity index (χ2v) is 6.59. The highest BCUT2D eigenvalue weighted by atomic mass is 35.5. The van der Waals surface area contributed by atoms with E-state index in [0.29, 0.717) is 5.15 Å². The highest BCUT2D eigenvalue weighted by Crippen LogP contribution is 2.26. The van der Waals surface area contributed by atoms with Crippen LogP contribution in [-0.4, -0.2) is 14.5 Å².